The Morgan fingerprint density at radius 3 is 2.35 bits per heavy atom. The number of urea groups is 1. The van der Waals surface area contributed by atoms with Gasteiger partial charge in [0.2, 0.25) is 0 Å². The average Bonchev–Trinajstić information content (AvgIpc) is 2.75. The van der Waals surface area contributed by atoms with E-state index in [1.165, 1.54) is 62.6 Å². The second-order valence-corrected chi connectivity index (χ2v) is 7.59. The third kappa shape index (κ3) is 6.63. The summed E-state index contributed by atoms with van der Waals surface area (Å²) >= 11 is 0. The minimum absolute atomic E-state index is 0.142. The highest BCUT2D eigenvalue weighted by Gasteiger charge is 2.26. The van der Waals surface area contributed by atoms with Gasteiger partial charge in [0.1, 0.15) is 17.5 Å². The second kappa shape index (κ2) is 10.7. The van der Waals surface area contributed by atoms with Crippen LogP contribution in [0.1, 0.15) is 38.5 Å². The van der Waals surface area contributed by atoms with Crippen molar-refractivity contribution in [3.8, 4) is 11.1 Å². The van der Waals surface area contributed by atoms with E-state index in [9.17, 15) is 18.4 Å². The predicted octanol–water partition coefficient (Wildman–Crippen LogP) is 4.85. The van der Waals surface area contributed by atoms with Gasteiger partial charge in [-0.2, -0.15) is 0 Å². The molecule has 1 saturated heterocycles. The summed E-state index contributed by atoms with van der Waals surface area (Å²) < 4.78 is 26.0. The minimum atomic E-state index is -1.23. The maximum absolute atomic E-state index is 13.0. The van der Waals surface area contributed by atoms with Crippen LogP contribution in [0.4, 0.5) is 24.2 Å². The quantitative estimate of drug-likeness (QED) is 0.646. The molecular formula is C22H26F2N4O3. The van der Waals surface area contributed by atoms with Crippen molar-refractivity contribution < 1.29 is 23.5 Å². The molecule has 9 heteroatoms. The van der Waals surface area contributed by atoms with Crippen molar-refractivity contribution in [2.24, 2.45) is 0 Å². The molecule has 2 aliphatic rings. The van der Waals surface area contributed by atoms with Gasteiger partial charge in [0.25, 0.3) is 0 Å². The summed E-state index contributed by atoms with van der Waals surface area (Å²) in [6.07, 6.45) is 7.60. The molecule has 4 rings (SSSR count). The maximum atomic E-state index is 13.0. The number of anilines is 1. The summed E-state index contributed by atoms with van der Waals surface area (Å²) in [5.41, 5.74) is 0.825. The van der Waals surface area contributed by atoms with Gasteiger partial charge in [-0.25, -0.2) is 23.4 Å². The van der Waals surface area contributed by atoms with Crippen molar-refractivity contribution in [1.29, 1.82) is 0 Å². The Morgan fingerprint density at radius 1 is 1.06 bits per heavy atom. The number of amides is 3. The van der Waals surface area contributed by atoms with Gasteiger partial charge < -0.3 is 15.3 Å². The van der Waals surface area contributed by atoms with Crippen molar-refractivity contribution >= 4 is 17.9 Å². The lowest BCUT2D eigenvalue weighted by molar-refractivity contribution is 0.143. The fourth-order valence-corrected chi connectivity index (χ4v) is 3.86. The Kier molecular flexibility index (Phi) is 7.75. The van der Waals surface area contributed by atoms with Crippen LogP contribution in [0.25, 0.3) is 11.1 Å². The topological polar surface area (TPSA) is 94.6 Å². The van der Waals surface area contributed by atoms with E-state index in [4.69, 9.17) is 5.11 Å². The summed E-state index contributed by atoms with van der Waals surface area (Å²) in [5, 5.41) is 13.5. The van der Waals surface area contributed by atoms with Crippen LogP contribution < -0.4 is 10.6 Å². The number of benzene rings is 1. The van der Waals surface area contributed by atoms with E-state index in [1.54, 1.807) is 0 Å². The lowest BCUT2D eigenvalue weighted by atomic mass is 9.94. The van der Waals surface area contributed by atoms with Crippen LogP contribution in [0.2, 0.25) is 0 Å². The van der Waals surface area contributed by atoms with Gasteiger partial charge in [-0.3, -0.25) is 5.32 Å². The van der Waals surface area contributed by atoms with Crippen molar-refractivity contribution in [2.45, 2.75) is 44.6 Å². The molecule has 2 fully saturated rings. The van der Waals surface area contributed by atoms with Gasteiger partial charge in [0.15, 0.2) is 0 Å². The van der Waals surface area contributed by atoms with Crippen LogP contribution in [0.5, 0.6) is 0 Å². The highest BCUT2D eigenvalue weighted by atomic mass is 19.1. The van der Waals surface area contributed by atoms with Crippen LogP contribution in [0.15, 0.2) is 36.5 Å². The third-order valence-corrected chi connectivity index (χ3v) is 5.32. The second-order valence-electron chi connectivity index (χ2n) is 7.59. The van der Waals surface area contributed by atoms with Gasteiger partial charge in [0.05, 0.1) is 0 Å². The van der Waals surface area contributed by atoms with Crippen LogP contribution in [0.3, 0.4) is 0 Å². The lowest BCUT2D eigenvalue weighted by Gasteiger charge is -2.36. The van der Waals surface area contributed by atoms with Crippen molar-refractivity contribution in [1.82, 2.24) is 15.2 Å². The Labute approximate surface area is 179 Å². The number of carbonyl (C=O) groups is 2. The molecule has 1 aliphatic carbocycles. The molecule has 0 spiro atoms. The Morgan fingerprint density at radius 2 is 1.77 bits per heavy atom. The number of nitrogens with zero attached hydrogens (tertiary/aromatic N) is 2. The molecule has 31 heavy (non-hydrogen) atoms. The Hall–Kier alpha value is -3.23. The number of rotatable bonds is 3. The first-order chi connectivity index (χ1) is 14.9. The number of hydrogen-bond acceptors (Lipinski definition) is 3. The zero-order chi connectivity index (χ0) is 22.2. The third-order valence-electron chi connectivity index (χ3n) is 5.32. The van der Waals surface area contributed by atoms with Crippen LogP contribution in [-0.2, 0) is 0 Å². The summed E-state index contributed by atoms with van der Waals surface area (Å²) in [5.74, 6) is -1.22. The van der Waals surface area contributed by atoms with E-state index in [2.05, 4.69) is 15.6 Å². The van der Waals surface area contributed by atoms with Gasteiger partial charge >= 0.3 is 12.1 Å². The van der Waals surface area contributed by atoms with Crippen molar-refractivity contribution in [3.05, 3.63) is 48.2 Å². The fraction of sp³-hybridized carbons (Fsp3) is 0.409. The molecule has 0 unspecified atom stereocenters. The van der Waals surface area contributed by atoms with Gasteiger partial charge in [-0.05, 0) is 49.1 Å². The first-order valence-corrected chi connectivity index (χ1v) is 10.4. The molecular weight excluding hydrogens is 406 g/mol. The number of aromatic nitrogens is 1. The zero-order valence-electron chi connectivity index (χ0n) is 17.1. The van der Waals surface area contributed by atoms with Crippen molar-refractivity contribution in [3.63, 3.8) is 0 Å². The Bertz CT molecular complexity index is 882. The number of halogens is 2. The highest BCUT2D eigenvalue weighted by Crippen LogP contribution is 2.24. The van der Waals surface area contributed by atoms with E-state index in [0.29, 0.717) is 17.2 Å². The summed E-state index contributed by atoms with van der Waals surface area (Å²) in [7, 11) is 0. The standard InChI is InChI=1S/C12H8F2N2O2.C10H18N2O/c13-9-3-8(4-10(14)5-9)7-1-2-11(15-6-7)16-12(17)18;13-10-11-7-4-8-12(10)9-5-2-1-3-6-9/h1-6H,(H,15,16)(H,17,18);9H,1-8H2,(H,11,13). The fourth-order valence-electron chi connectivity index (χ4n) is 3.86. The summed E-state index contributed by atoms with van der Waals surface area (Å²) in [6, 6.07) is 6.75. The maximum Gasteiger partial charge on any atom is 0.410 e. The van der Waals surface area contributed by atoms with E-state index in [1.807, 2.05) is 4.90 Å². The zero-order valence-corrected chi connectivity index (χ0v) is 17.1. The lowest BCUT2D eigenvalue weighted by Crippen LogP contribution is -2.51. The minimum Gasteiger partial charge on any atom is -0.465 e. The van der Waals surface area contributed by atoms with Gasteiger partial charge in [-0.15, -0.1) is 0 Å². The Balaban J connectivity index is 0.000000185. The molecule has 3 N–H and O–H groups in total. The normalized spacial score (nSPS) is 16.7. The van der Waals surface area contributed by atoms with Crippen LogP contribution >= 0.6 is 0 Å². The molecule has 1 saturated carbocycles. The molecule has 2 aromatic rings. The van der Waals surface area contributed by atoms with E-state index in [0.717, 1.165) is 25.6 Å². The first-order valence-electron chi connectivity index (χ1n) is 10.4. The first kappa shape index (κ1) is 22.5. The molecule has 2 heterocycles. The molecule has 7 nitrogen and oxygen atoms in total. The van der Waals surface area contributed by atoms with Crippen molar-refractivity contribution in [2.75, 3.05) is 18.4 Å². The number of pyridine rings is 1. The van der Waals surface area contributed by atoms with Crippen LogP contribution in [0, 0.1) is 11.6 Å². The molecule has 0 radical (unpaired) electrons. The van der Waals surface area contributed by atoms with Crippen LogP contribution in [-0.4, -0.2) is 46.2 Å². The molecule has 3 amide bonds. The van der Waals surface area contributed by atoms with E-state index in [-0.39, 0.29) is 11.8 Å². The summed E-state index contributed by atoms with van der Waals surface area (Å²) in [4.78, 5) is 27.7. The van der Waals surface area contributed by atoms with Gasteiger partial charge in [0, 0.05) is 37.0 Å². The summed E-state index contributed by atoms with van der Waals surface area (Å²) in [6.45, 7) is 1.83. The van der Waals surface area contributed by atoms with Gasteiger partial charge in [-0.1, -0.05) is 19.3 Å². The molecule has 0 bridgehead atoms. The molecule has 1 aromatic carbocycles. The molecule has 1 aliphatic heterocycles. The molecule has 0 atom stereocenters. The largest absolute Gasteiger partial charge is 0.465 e. The number of nitrogens with one attached hydrogen (secondary N) is 2. The molecule has 1 aromatic heterocycles. The number of carbonyl (C=O) groups excluding carboxylic acids is 1. The highest BCUT2D eigenvalue weighted by molar-refractivity contribution is 5.81. The SMILES string of the molecule is O=C(O)Nc1ccc(-c2cc(F)cc(F)c2)cn1.O=C1NCCCN1C1CCCCC1. The number of hydrogen-bond donors (Lipinski definition) is 3. The predicted molar refractivity (Wildman–Crippen MR) is 113 cm³/mol. The van der Waals surface area contributed by atoms with E-state index >= 15 is 0 Å². The molecule has 166 valence electrons. The smallest absolute Gasteiger partial charge is 0.410 e. The van der Waals surface area contributed by atoms with E-state index < -0.39 is 17.7 Å². The average molecular weight is 432 g/mol. The monoisotopic (exact) mass is 432 g/mol. The number of carboxylic acid groups (broad SMARTS) is 1.